The van der Waals surface area contributed by atoms with Crippen molar-refractivity contribution in [2.24, 2.45) is 5.92 Å². The summed E-state index contributed by atoms with van der Waals surface area (Å²) in [6.07, 6.45) is -1.53. The van der Waals surface area contributed by atoms with Crippen LogP contribution < -0.4 is 5.32 Å². The molecule has 1 heterocycles. The maximum atomic E-state index is 12.7. The number of benzene rings is 1. The molecule has 0 unspecified atom stereocenters. The lowest BCUT2D eigenvalue weighted by atomic mass is 10.1. The minimum atomic E-state index is -0.749. The number of imide groups is 1. The molecule has 0 radical (unpaired) electrons. The Bertz CT molecular complexity index is 658. The van der Waals surface area contributed by atoms with Gasteiger partial charge in [-0.3, -0.25) is 0 Å². The molecule has 4 atom stereocenters. The van der Waals surface area contributed by atoms with Crippen molar-refractivity contribution >= 4 is 12.2 Å². The van der Waals surface area contributed by atoms with Crippen molar-refractivity contribution < 1.29 is 24.2 Å². The molecular weight excluding hydrogens is 336 g/mol. The summed E-state index contributed by atoms with van der Waals surface area (Å²) >= 11 is 0. The maximum absolute atomic E-state index is 12.7. The zero-order valence-electron chi connectivity index (χ0n) is 15.3. The van der Waals surface area contributed by atoms with E-state index in [1.807, 2.05) is 30.3 Å². The lowest BCUT2D eigenvalue weighted by molar-refractivity contribution is 0.00859. The lowest BCUT2D eigenvalue weighted by Crippen LogP contribution is -2.53. The molecule has 2 aliphatic rings. The van der Waals surface area contributed by atoms with E-state index < -0.39 is 29.9 Å². The van der Waals surface area contributed by atoms with Crippen LogP contribution in [-0.2, 0) is 16.1 Å². The number of hydrogen-bond donors (Lipinski definition) is 2. The molecule has 1 saturated carbocycles. The Morgan fingerprint density at radius 1 is 1.23 bits per heavy atom. The summed E-state index contributed by atoms with van der Waals surface area (Å²) in [4.78, 5) is 26.5. The van der Waals surface area contributed by atoms with Gasteiger partial charge in [0, 0.05) is 6.54 Å². The molecule has 26 heavy (non-hydrogen) atoms. The molecule has 2 bridgehead atoms. The molecule has 2 fully saturated rings. The third-order valence-corrected chi connectivity index (χ3v) is 4.72. The molecule has 2 amide bonds. The molecule has 1 saturated heterocycles. The van der Waals surface area contributed by atoms with Gasteiger partial charge in [0.25, 0.3) is 0 Å². The van der Waals surface area contributed by atoms with Gasteiger partial charge in [0.15, 0.2) is 0 Å². The van der Waals surface area contributed by atoms with Crippen molar-refractivity contribution in [3.05, 3.63) is 35.9 Å². The monoisotopic (exact) mass is 362 g/mol. The summed E-state index contributed by atoms with van der Waals surface area (Å²) in [6.45, 7) is 5.95. The first-order valence-corrected chi connectivity index (χ1v) is 8.90. The number of aliphatic hydroxyl groups is 1. The van der Waals surface area contributed by atoms with Crippen molar-refractivity contribution in [3.8, 4) is 0 Å². The fourth-order valence-electron chi connectivity index (χ4n) is 3.65. The van der Waals surface area contributed by atoms with Crippen LogP contribution in [0.1, 0.15) is 32.8 Å². The fourth-order valence-corrected chi connectivity index (χ4v) is 3.65. The lowest BCUT2D eigenvalue weighted by Gasteiger charge is -2.31. The van der Waals surface area contributed by atoms with Crippen molar-refractivity contribution in [1.82, 2.24) is 10.2 Å². The molecule has 1 aliphatic carbocycles. The number of fused-ring (bicyclic) bond motifs is 2. The molecule has 7 nitrogen and oxygen atoms in total. The van der Waals surface area contributed by atoms with Crippen LogP contribution in [0.3, 0.4) is 0 Å². The van der Waals surface area contributed by atoms with Gasteiger partial charge < -0.3 is 19.9 Å². The van der Waals surface area contributed by atoms with Gasteiger partial charge in [-0.25, -0.2) is 14.5 Å². The van der Waals surface area contributed by atoms with E-state index in [1.165, 1.54) is 0 Å². The average Bonchev–Trinajstić information content (AvgIpc) is 3.09. The number of hydrogen-bond acceptors (Lipinski definition) is 6. The van der Waals surface area contributed by atoms with Crippen LogP contribution in [0.15, 0.2) is 30.3 Å². The molecule has 7 heteroatoms. The van der Waals surface area contributed by atoms with Gasteiger partial charge in [0.05, 0.1) is 18.2 Å². The molecule has 0 aromatic heterocycles. The highest BCUT2D eigenvalue weighted by molar-refractivity contribution is 5.88. The van der Waals surface area contributed by atoms with E-state index in [0.717, 1.165) is 10.5 Å². The quantitative estimate of drug-likeness (QED) is 0.858. The molecular formula is C19H26N2O5. The Morgan fingerprint density at radius 2 is 1.92 bits per heavy atom. The second-order valence-electron chi connectivity index (χ2n) is 7.88. The molecule has 0 spiro atoms. The standard InChI is InChI=1S/C19H26N2O5/c1-19(2,3)26-18(24)21(16-13-9-14(22)15(16)20-10-13)17(23)25-11-12-7-5-4-6-8-12/h4-8,13-16,20,22H,9-11H2,1-3H3/t13-,14+,15-,16-/m1/s1. The SMILES string of the molecule is CC(C)(C)OC(=O)N(C(=O)OCc1ccccc1)[C@@H]1[C@H]2CN[C@@H]1[C@@H](O)C2. The second kappa shape index (κ2) is 7.25. The smallest absolute Gasteiger partial charge is 0.420 e. The third-order valence-electron chi connectivity index (χ3n) is 4.72. The first-order valence-electron chi connectivity index (χ1n) is 8.90. The number of carbonyl (C=O) groups is 2. The topological polar surface area (TPSA) is 88.1 Å². The van der Waals surface area contributed by atoms with Gasteiger partial charge in [0.2, 0.25) is 0 Å². The van der Waals surface area contributed by atoms with Gasteiger partial charge in [-0.15, -0.1) is 0 Å². The summed E-state index contributed by atoms with van der Waals surface area (Å²) in [5.41, 5.74) is 0.0937. The zero-order valence-corrected chi connectivity index (χ0v) is 15.3. The van der Waals surface area contributed by atoms with E-state index in [9.17, 15) is 14.7 Å². The fraction of sp³-hybridized carbons (Fsp3) is 0.579. The van der Waals surface area contributed by atoms with Crippen LogP contribution >= 0.6 is 0 Å². The summed E-state index contributed by atoms with van der Waals surface area (Å²) in [5, 5.41) is 13.3. The normalized spacial score (nSPS) is 27.2. The third kappa shape index (κ3) is 3.99. The summed E-state index contributed by atoms with van der Waals surface area (Å²) in [6, 6.07) is 8.45. The van der Waals surface area contributed by atoms with Crippen molar-refractivity contribution in [1.29, 1.82) is 0 Å². The van der Waals surface area contributed by atoms with E-state index in [2.05, 4.69) is 5.32 Å². The maximum Gasteiger partial charge on any atom is 0.420 e. The van der Waals surface area contributed by atoms with Crippen LogP contribution in [0.5, 0.6) is 0 Å². The molecule has 1 aromatic carbocycles. The molecule has 1 aliphatic heterocycles. The first kappa shape index (κ1) is 18.7. The van der Waals surface area contributed by atoms with Crippen molar-refractivity contribution in [2.45, 2.75) is 57.6 Å². The highest BCUT2D eigenvalue weighted by Gasteiger charge is 2.54. The van der Waals surface area contributed by atoms with E-state index in [0.29, 0.717) is 13.0 Å². The Kier molecular flexibility index (Phi) is 5.20. The van der Waals surface area contributed by atoms with E-state index >= 15 is 0 Å². The number of rotatable bonds is 3. The van der Waals surface area contributed by atoms with Gasteiger partial charge in [-0.05, 0) is 38.7 Å². The summed E-state index contributed by atoms with van der Waals surface area (Å²) < 4.78 is 10.8. The highest BCUT2D eigenvalue weighted by Crippen LogP contribution is 2.36. The number of carbonyl (C=O) groups excluding carboxylic acids is 2. The van der Waals surface area contributed by atoms with Crippen LogP contribution in [0, 0.1) is 5.92 Å². The molecule has 3 rings (SSSR count). The van der Waals surface area contributed by atoms with Crippen molar-refractivity contribution in [3.63, 3.8) is 0 Å². The Morgan fingerprint density at radius 3 is 2.46 bits per heavy atom. The Hall–Kier alpha value is -2.12. The Labute approximate surface area is 153 Å². The minimum absolute atomic E-state index is 0.00760. The zero-order chi connectivity index (χ0) is 18.9. The number of aliphatic hydroxyl groups excluding tert-OH is 1. The molecule has 142 valence electrons. The van der Waals surface area contributed by atoms with Gasteiger partial charge >= 0.3 is 12.2 Å². The number of amides is 2. The molecule has 1 aromatic rings. The largest absolute Gasteiger partial charge is 0.444 e. The van der Waals surface area contributed by atoms with Crippen LogP contribution in [0.2, 0.25) is 0 Å². The predicted octanol–water partition coefficient (Wildman–Crippen LogP) is 2.28. The first-order chi connectivity index (χ1) is 12.3. The van der Waals surface area contributed by atoms with E-state index in [1.54, 1.807) is 20.8 Å². The number of nitrogens with zero attached hydrogens (tertiary/aromatic N) is 1. The van der Waals surface area contributed by atoms with E-state index in [-0.39, 0.29) is 18.6 Å². The summed E-state index contributed by atoms with van der Waals surface area (Å²) in [7, 11) is 0. The highest BCUT2D eigenvalue weighted by atomic mass is 16.6. The average molecular weight is 362 g/mol. The van der Waals surface area contributed by atoms with Gasteiger partial charge in [0.1, 0.15) is 12.2 Å². The van der Waals surface area contributed by atoms with Gasteiger partial charge in [-0.2, -0.15) is 0 Å². The van der Waals surface area contributed by atoms with Crippen LogP contribution in [0.25, 0.3) is 0 Å². The number of piperidine rings is 1. The molecule has 2 N–H and O–H groups in total. The van der Waals surface area contributed by atoms with Crippen LogP contribution in [0.4, 0.5) is 9.59 Å². The minimum Gasteiger partial charge on any atom is -0.444 e. The second-order valence-corrected chi connectivity index (χ2v) is 7.88. The number of nitrogens with one attached hydrogen (secondary N) is 1. The van der Waals surface area contributed by atoms with Crippen LogP contribution in [-0.4, -0.2) is 52.5 Å². The van der Waals surface area contributed by atoms with Gasteiger partial charge in [-0.1, -0.05) is 30.3 Å². The van der Waals surface area contributed by atoms with E-state index in [4.69, 9.17) is 9.47 Å². The predicted molar refractivity (Wildman–Crippen MR) is 94.4 cm³/mol. The van der Waals surface area contributed by atoms with Crippen molar-refractivity contribution in [2.75, 3.05) is 6.54 Å². The number of ether oxygens (including phenoxy) is 2. The Balaban J connectivity index is 1.76. The summed E-state index contributed by atoms with van der Waals surface area (Å²) in [5.74, 6) is -0.00760.